The second-order valence-electron chi connectivity index (χ2n) is 6.97. The summed E-state index contributed by atoms with van der Waals surface area (Å²) in [6, 6.07) is 8.97. The molecule has 0 atom stereocenters. The Balaban J connectivity index is 1.63. The highest BCUT2D eigenvalue weighted by atomic mass is 35.5. The van der Waals surface area contributed by atoms with Gasteiger partial charge in [-0.05, 0) is 43.2 Å². The number of amides is 1. The normalized spacial score (nSPS) is 13.4. The smallest absolute Gasteiger partial charge is 0.288 e. The van der Waals surface area contributed by atoms with E-state index in [1.807, 2.05) is 0 Å². The van der Waals surface area contributed by atoms with E-state index >= 15 is 0 Å². The molecule has 0 saturated carbocycles. The third-order valence-electron chi connectivity index (χ3n) is 4.98. The van der Waals surface area contributed by atoms with E-state index in [4.69, 9.17) is 23.2 Å². The number of aromatic nitrogens is 3. The minimum Gasteiger partial charge on any atom is -0.322 e. The molecule has 1 aliphatic rings. The summed E-state index contributed by atoms with van der Waals surface area (Å²) in [5.74, 6) is 1.10. The average molecular weight is 446 g/mol. The van der Waals surface area contributed by atoms with Crippen LogP contribution in [-0.2, 0) is 13.0 Å². The van der Waals surface area contributed by atoms with Gasteiger partial charge in [0.25, 0.3) is 11.6 Å². The van der Waals surface area contributed by atoms with E-state index in [0.717, 1.165) is 44.1 Å². The number of carbonyl (C=O) groups is 1. The first-order chi connectivity index (χ1) is 14.4. The summed E-state index contributed by atoms with van der Waals surface area (Å²) in [5, 5.41) is 22.9. The van der Waals surface area contributed by atoms with Gasteiger partial charge in [0.1, 0.15) is 10.8 Å². The number of nitrogens with one attached hydrogen (secondary N) is 1. The minimum absolute atomic E-state index is 0.0298. The zero-order valence-corrected chi connectivity index (χ0v) is 17.3. The van der Waals surface area contributed by atoms with E-state index in [-0.39, 0.29) is 16.3 Å². The predicted octanol–water partition coefficient (Wildman–Crippen LogP) is 5.14. The van der Waals surface area contributed by atoms with Crippen molar-refractivity contribution in [1.29, 1.82) is 0 Å². The number of anilines is 1. The number of carbonyl (C=O) groups excluding carboxylic acids is 1. The Morgan fingerprint density at radius 2 is 1.87 bits per heavy atom. The zero-order valence-electron chi connectivity index (χ0n) is 15.8. The van der Waals surface area contributed by atoms with Crippen molar-refractivity contribution in [3.8, 4) is 11.4 Å². The number of nitro groups is 1. The lowest BCUT2D eigenvalue weighted by Gasteiger charge is -2.11. The van der Waals surface area contributed by atoms with E-state index in [1.165, 1.54) is 12.1 Å². The number of nitro benzene ring substituents is 1. The summed E-state index contributed by atoms with van der Waals surface area (Å²) in [6.07, 6.45) is 4.13. The topological polar surface area (TPSA) is 103 Å². The first kappa shape index (κ1) is 20.3. The molecule has 0 spiro atoms. The summed E-state index contributed by atoms with van der Waals surface area (Å²) in [6.45, 7) is 0.818. The maximum absolute atomic E-state index is 12.6. The van der Waals surface area contributed by atoms with Crippen LogP contribution in [0.4, 0.5) is 11.4 Å². The molecule has 0 radical (unpaired) electrons. The number of hydrogen-bond donors (Lipinski definition) is 1. The molecule has 1 amide bonds. The van der Waals surface area contributed by atoms with Crippen LogP contribution in [-0.4, -0.2) is 25.6 Å². The maximum Gasteiger partial charge on any atom is 0.288 e. The predicted molar refractivity (Wildman–Crippen MR) is 114 cm³/mol. The highest BCUT2D eigenvalue weighted by Gasteiger charge is 2.20. The fraction of sp³-hybridized carbons (Fsp3) is 0.250. The number of halogens is 2. The van der Waals surface area contributed by atoms with Crippen molar-refractivity contribution in [3.05, 3.63) is 67.9 Å². The van der Waals surface area contributed by atoms with Gasteiger partial charge < -0.3 is 9.88 Å². The van der Waals surface area contributed by atoms with Crippen molar-refractivity contribution in [1.82, 2.24) is 14.8 Å². The van der Waals surface area contributed by atoms with Crippen LogP contribution < -0.4 is 5.32 Å². The maximum atomic E-state index is 12.6. The molecule has 3 aromatic rings. The molecule has 0 aliphatic carbocycles. The standard InChI is InChI=1S/C20H17Cl2N5O3/c21-15-8-6-13(23-20(28)12-5-7-16(22)17(10-12)27(29)30)11-14(15)19-25-24-18-4-2-1-3-9-26(18)19/h5-8,10-11H,1-4,9H2,(H,23,28). The van der Waals surface area contributed by atoms with Crippen molar-refractivity contribution in [2.75, 3.05) is 5.32 Å². The summed E-state index contributed by atoms with van der Waals surface area (Å²) < 4.78 is 2.07. The summed E-state index contributed by atoms with van der Waals surface area (Å²) in [7, 11) is 0. The lowest BCUT2D eigenvalue weighted by Crippen LogP contribution is -2.12. The van der Waals surface area contributed by atoms with Gasteiger partial charge in [-0.25, -0.2) is 0 Å². The largest absolute Gasteiger partial charge is 0.322 e. The van der Waals surface area contributed by atoms with Gasteiger partial charge in [-0.3, -0.25) is 14.9 Å². The second kappa shape index (κ2) is 8.41. The van der Waals surface area contributed by atoms with E-state index in [0.29, 0.717) is 22.1 Å². The van der Waals surface area contributed by atoms with Gasteiger partial charge >= 0.3 is 0 Å². The van der Waals surface area contributed by atoms with Crippen LogP contribution in [0.3, 0.4) is 0 Å². The van der Waals surface area contributed by atoms with Crippen molar-refractivity contribution < 1.29 is 9.72 Å². The lowest BCUT2D eigenvalue weighted by molar-refractivity contribution is -0.384. The highest BCUT2D eigenvalue weighted by Crippen LogP contribution is 2.32. The Bertz CT molecular complexity index is 1150. The Morgan fingerprint density at radius 1 is 1.07 bits per heavy atom. The van der Waals surface area contributed by atoms with Crippen molar-refractivity contribution in [2.24, 2.45) is 0 Å². The molecule has 1 aromatic heterocycles. The van der Waals surface area contributed by atoms with Gasteiger partial charge in [-0.15, -0.1) is 10.2 Å². The number of benzene rings is 2. The molecule has 1 N–H and O–H groups in total. The molecule has 0 bridgehead atoms. The van der Waals surface area contributed by atoms with Crippen molar-refractivity contribution in [2.45, 2.75) is 32.2 Å². The highest BCUT2D eigenvalue weighted by molar-refractivity contribution is 6.33. The molecule has 154 valence electrons. The van der Waals surface area contributed by atoms with Crippen molar-refractivity contribution >= 4 is 40.5 Å². The van der Waals surface area contributed by atoms with Crippen LogP contribution in [0.1, 0.15) is 35.4 Å². The molecule has 0 saturated heterocycles. The molecule has 2 heterocycles. The minimum atomic E-state index is -0.628. The van der Waals surface area contributed by atoms with Crippen LogP contribution in [0.15, 0.2) is 36.4 Å². The quantitative estimate of drug-likeness (QED) is 0.442. The molecule has 0 unspecified atom stereocenters. The monoisotopic (exact) mass is 445 g/mol. The first-order valence-corrected chi connectivity index (χ1v) is 10.2. The summed E-state index contributed by atoms with van der Waals surface area (Å²) in [5.41, 5.74) is 0.950. The molecular weight excluding hydrogens is 429 g/mol. The van der Waals surface area contributed by atoms with Crippen LogP contribution in [0.5, 0.6) is 0 Å². The average Bonchev–Trinajstić information content (AvgIpc) is 2.97. The number of fused-ring (bicyclic) bond motifs is 1. The van der Waals surface area contributed by atoms with Crippen LogP contribution in [0, 0.1) is 10.1 Å². The van der Waals surface area contributed by atoms with Crippen LogP contribution >= 0.6 is 23.2 Å². The molecule has 30 heavy (non-hydrogen) atoms. The fourth-order valence-electron chi connectivity index (χ4n) is 3.46. The van der Waals surface area contributed by atoms with Gasteiger partial charge in [-0.2, -0.15) is 0 Å². The molecule has 4 rings (SSSR count). The number of nitrogens with zero attached hydrogens (tertiary/aromatic N) is 4. The molecule has 2 aromatic carbocycles. The van der Waals surface area contributed by atoms with E-state index in [1.54, 1.807) is 18.2 Å². The Morgan fingerprint density at radius 3 is 2.67 bits per heavy atom. The molecular formula is C20H17Cl2N5O3. The van der Waals surface area contributed by atoms with Gasteiger partial charge in [0.05, 0.1) is 9.95 Å². The van der Waals surface area contributed by atoms with Crippen LogP contribution in [0.2, 0.25) is 10.0 Å². The van der Waals surface area contributed by atoms with E-state index < -0.39 is 10.8 Å². The van der Waals surface area contributed by atoms with Crippen LogP contribution in [0.25, 0.3) is 11.4 Å². The first-order valence-electron chi connectivity index (χ1n) is 9.41. The summed E-state index contributed by atoms with van der Waals surface area (Å²) in [4.78, 5) is 23.1. The summed E-state index contributed by atoms with van der Waals surface area (Å²) >= 11 is 12.2. The van der Waals surface area contributed by atoms with Gasteiger partial charge in [0.2, 0.25) is 0 Å². The third kappa shape index (κ3) is 4.01. The Kier molecular flexibility index (Phi) is 5.69. The van der Waals surface area contributed by atoms with Crippen molar-refractivity contribution in [3.63, 3.8) is 0 Å². The zero-order chi connectivity index (χ0) is 21.3. The molecule has 10 heteroatoms. The Labute approximate surface area is 182 Å². The second-order valence-corrected chi connectivity index (χ2v) is 7.79. The number of rotatable bonds is 4. The molecule has 1 aliphatic heterocycles. The number of hydrogen-bond acceptors (Lipinski definition) is 5. The Hall–Kier alpha value is -2.97. The lowest BCUT2D eigenvalue weighted by atomic mass is 10.1. The fourth-order valence-corrected chi connectivity index (χ4v) is 3.84. The van der Waals surface area contributed by atoms with Gasteiger partial charge in [0.15, 0.2) is 5.82 Å². The van der Waals surface area contributed by atoms with E-state index in [9.17, 15) is 14.9 Å². The third-order valence-corrected chi connectivity index (χ3v) is 5.63. The van der Waals surface area contributed by atoms with E-state index in [2.05, 4.69) is 20.1 Å². The molecule has 0 fully saturated rings. The van der Waals surface area contributed by atoms with Gasteiger partial charge in [0, 0.05) is 35.8 Å². The number of aryl methyl sites for hydroxylation is 1. The molecule has 8 nitrogen and oxygen atoms in total. The SMILES string of the molecule is O=C(Nc1ccc(Cl)c(-c2nnc3n2CCCCC3)c1)c1ccc(Cl)c([N+](=O)[O-])c1. The van der Waals surface area contributed by atoms with Gasteiger partial charge in [-0.1, -0.05) is 29.6 Å².